The van der Waals surface area contributed by atoms with Crippen LogP contribution in [0.25, 0.3) is 0 Å². The predicted octanol–water partition coefficient (Wildman–Crippen LogP) is 1.05. The maximum Gasteiger partial charge on any atom is 0.190 e. The minimum atomic E-state index is -0.919. The SMILES string of the molecule is CC(O)C(=O)c1cc[c]cc1. The fraction of sp³-hybridized carbons (Fsp3) is 0.222. The number of Topliss-reactive ketones (excluding diaryl/α,β-unsaturated/α-hetero) is 1. The number of rotatable bonds is 2. The molecule has 0 aliphatic heterocycles. The van der Waals surface area contributed by atoms with E-state index in [0.29, 0.717) is 5.56 Å². The van der Waals surface area contributed by atoms with Gasteiger partial charge in [-0.25, -0.2) is 0 Å². The third kappa shape index (κ3) is 1.88. The van der Waals surface area contributed by atoms with E-state index in [9.17, 15) is 4.79 Å². The standard InChI is InChI=1S/C9H9O2/c1-7(10)9(11)8-5-3-2-4-6-8/h3-7,10H,1H3. The minimum absolute atomic E-state index is 0.251. The van der Waals surface area contributed by atoms with Crippen molar-refractivity contribution >= 4 is 5.78 Å². The molecule has 0 aromatic heterocycles. The Balaban J connectivity index is 2.86. The van der Waals surface area contributed by atoms with Gasteiger partial charge in [-0.3, -0.25) is 4.79 Å². The van der Waals surface area contributed by atoms with Crippen LogP contribution in [0, 0.1) is 6.07 Å². The van der Waals surface area contributed by atoms with Gasteiger partial charge in [-0.05, 0) is 13.0 Å². The highest BCUT2D eigenvalue weighted by molar-refractivity contribution is 5.98. The van der Waals surface area contributed by atoms with Gasteiger partial charge in [0.05, 0.1) is 0 Å². The van der Waals surface area contributed by atoms with Crippen LogP contribution >= 0.6 is 0 Å². The number of carbonyl (C=O) groups excluding carboxylic acids is 1. The Morgan fingerprint density at radius 2 is 2.09 bits per heavy atom. The molecule has 1 aromatic rings. The van der Waals surface area contributed by atoms with E-state index in [2.05, 4.69) is 6.07 Å². The first kappa shape index (κ1) is 7.95. The first-order valence-electron chi connectivity index (χ1n) is 3.40. The molecule has 0 heterocycles. The molecule has 1 aromatic carbocycles. The van der Waals surface area contributed by atoms with Crippen LogP contribution in [0.2, 0.25) is 0 Å². The Morgan fingerprint density at radius 3 is 2.55 bits per heavy atom. The number of hydrogen-bond donors (Lipinski definition) is 1. The van der Waals surface area contributed by atoms with Crippen LogP contribution in [0.4, 0.5) is 0 Å². The normalized spacial score (nSPS) is 12.5. The summed E-state index contributed by atoms with van der Waals surface area (Å²) in [4.78, 5) is 11.1. The summed E-state index contributed by atoms with van der Waals surface area (Å²) in [5.41, 5.74) is 0.527. The molecule has 0 aliphatic rings. The Bertz CT molecular complexity index is 239. The monoisotopic (exact) mass is 149 g/mol. The molecule has 0 aliphatic carbocycles. The molecule has 0 saturated heterocycles. The summed E-state index contributed by atoms with van der Waals surface area (Å²) in [5.74, 6) is -0.251. The molecule has 11 heavy (non-hydrogen) atoms. The van der Waals surface area contributed by atoms with Crippen LogP contribution in [0.5, 0.6) is 0 Å². The maximum absolute atomic E-state index is 11.1. The largest absolute Gasteiger partial charge is 0.385 e. The molecule has 1 unspecified atom stereocenters. The van der Waals surface area contributed by atoms with Crippen LogP contribution < -0.4 is 0 Å². The van der Waals surface area contributed by atoms with Gasteiger partial charge in [0, 0.05) is 5.56 Å². The average Bonchev–Trinajstić information content (AvgIpc) is 2.05. The Labute approximate surface area is 65.5 Å². The predicted molar refractivity (Wildman–Crippen MR) is 41.3 cm³/mol. The molecule has 1 rings (SSSR count). The van der Waals surface area contributed by atoms with E-state index in [1.54, 1.807) is 24.3 Å². The highest BCUT2D eigenvalue weighted by atomic mass is 16.3. The van der Waals surface area contributed by atoms with Crippen molar-refractivity contribution < 1.29 is 9.90 Å². The van der Waals surface area contributed by atoms with Crippen molar-refractivity contribution in [2.45, 2.75) is 13.0 Å². The molecule has 2 heteroatoms. The summed E-state index contributed by atoms with van der Waals surface area (Å²) in [6.07, 6.45) is -0.919. The van der Waals surface area contributed by atoms with Gasteiger partial charge < -0.3 is 5.11 Å². The van der Waals surface area contributed by atoms with Crippen LogP contribution in [-0.4, -0.2) is 17.0 Å². The second-order valence-corrected chi connectivity index (χ2v) is 2.33. The average molecular weight is 149 g/mol. The van der Waals surface area contributed by atoms with Gasteiger partial charge in [-0.2, -0.15) is 0 Å². The van der Waals surface area contributed by atoms with E-state index in [0.717, 1.165) is 0 Å². The molecule has 0 fully saturated rings. The fourth-order valence-corrected chi connectivity index (χ4v) is 0.792. The summed E-state index contributed by atoms with van der Waals surface area (Å²) < 4.78 is 0. The fourth-order valence-electron chi connectivity index (χ4n) is 0.792. The smallest absolute Gasteiger partial charge is 0.190 e. The van der Waals surface area contributed by atoms with Crippen LogP contribution in [0.15, 0.2) is 24.3 Å². The van der Waals surface area contributed by atoms with Crippen molar-refractivity contribution in [2.24, 2.45) is 0 Å². The Morgan fingerprint density at radius 1 is 1.55 bits per heavy atom. The zero-order chi connectivity index (χ0) is 8.27. The zero-order valence-corrected chi connectivity index (χ0v) is 6.24. The number of hydrogen-bond acceptors (Lipinski definition) is 2. The first-order chi connectivity index (χ1) is 5.22. The number of benzene rings is 1. The zero-order valence-electron chi connectivity index (χ0n) is 6.24. The second-order valence-electron chi connectivity index (χ2n) is 2.33. The number of carbonyl (C=O) groups is 1. The Hall–Kier alpha value is -1.15. The summed E-state index contributed by atoms with van der Waals surface area (Å²) in [6, 6.07) is 9.36. The molecule has 0 spiro atoms. The summed E-state index contributed by atoms with van der Waals surface area (Å²) >= 11 is 0. The topological polar surface area (TPSA) is 37.3 Å². The number of aliphatic hydroxyl groups excluding tert-OH is 1. The van der Waals surface area contributed by atoms with Crippen molar-refractivity contribution in [1.82, 2.24) is 0 Å². The van der Waals surface area contributed by atoms with Crippen LogP contribution in [0.3, 0.4) is 0 Å². The lowest BCUT2D eigenvalue weighted by molar-refractivity contribution is 0.0779. The molecular weight excluding hydrogens is 140 g/mol. The van der Waals surface area contributed by atoms with Gasteiger partial charge in [0.1, 0.15) is 6.10 Å². The van der Waals surface area contributed by atoms with Crippen molar-refractivity contribution in [3.63, 3.8) is 0 Å². The summed E-state index contributed by atoms with van der Waals surface area (Å²) in [6.45, 7) is 1.46. The summed E-state index contributed by atoms with van der Waals surface area (Å²) in [7, 11) is 0. The lowest BCUT2D eigenvalue weighted by Gasteiger charge is -2.01. The van der Waals surface area contributed by atoms with Crippen molar-refractivity contribution in [3.05, 3.63) is 35.9 Å². The molecule has 1 radical (unpaired) electrons. The van der Waals surface area contributed by atoms with Gasteiger partial charge in [-0.1, -0.05) is 24.3 Å². The third-order valence-electron chi connectivity index (χ3n) is 1.38. The van der Waals surface area contributed by atoms with E-state index < -0.39 is 6.10 Å². The van der Waals surface area contributed by atoms with E-state index in [4.69, 9.17) is 5.11 Å². The third-order valence-corrected chi connectivity index (χ3v) is 1.38. The van der Waals surface area contributed by atoms with Crippen LogP contribution in [-0.2, 0) is 0 Å². The molecule has 1 N–H and O–H groups in total. The number of aliphatic hydroxyl groups is 1. The van der Waals surface area contributed by atoms with E-state index >= 15 is 0 Å². The highest BCUT2D eigenvalue weighted by Crippen LogP contribution is 2.01. The van der Waals surface area contributed by atoms with Gasteiger partial charge in [0.15, 0.2) is 5.78 Å². The van der Waals surface area contributed by atoms with Crippen molar-refractivity contribution in [2.75, 3.05) is 0 Å². The molecule has 0 bridgehead atoms. The minimum Gasteiger partial charge on any atom is -0.385 e. The van der Waals surface area contributed by atoms with Gasteiger partial charge in [0.25, 0.3) is 0 Å². The highest BCUT2D eigenvalue weighted by Gasteiger charge is 2.09. The molecule has 1 atom stereocenters. The van der Waals surface area contributed by atoms with Gasteiger partial charge in [0.2, 0.25) is 0 Å². The van der Waals surface area contributed by atoms with Crippen molar-refractivity contribution in [1.29, 1.82) is 0 Å². The van der Waals surface area contributed by atoms with Crippen molar-refractivity contribution in [3.8, 4) is 0 Å². The van der Waals surface area contributed by atoms with E-state index in [-0.39, 0.29) is 5.78 Å². The molecule has 0 saturated carbocycles. The molecular formula is C9H9O2. The first-order valence-corrected chi connectivity index (χ1v) is 3.40. The summed E-state index contributed by atoms with van der Waals surface area (Å²) in [5, 5.41) is 8.91. The number of ketones is 1. The molecule has 57 valence electrons. The molecule has 0 amide bonds. The van der Waals surface area contributed by atoms with Crippen LogP contribution in [0.1, 0.15) is 17.3 Å². The maximum atomic E-state index is 11.1. The van der Waals surface area contributed by atoms with E-state index in [1.165, 1.54) is 6.92 Å². The lowest BCUT2D eigenvalue weighted by Crippen LogP contribution is -2.15. The quantitative estimate of drug-likeness (QED) is 0.638. The molecule has 2 nitrogen and oxygen atoms in total. The Kier molecular flexibility index (Phi) is 2.39. The van der Waals surface area contributed by atoms with E-state index in [1.807, 2.05) is 0 Å². The van der Waals surface area contributed by atoms with Gasteiger partial charge in [-0.15, -0.1) is 0 Å². The van der Waals surface area contributed by atoms with Gasteiger partial charge >= 0.3 is 0 Å². The second kappa shape index (κ2) is 3.30. The lowest BCUT2D eigenvalue weighted by atomic mass is 10.1.